The van der Waals surface area contributed by atoms with Gasteiger partial charge in [0.25, 0.3) is 0 Å². The highest BCUT2D eigenvalue weighted by atomic mass is 19.1. The van der Waals surface area contributed by atoms with E-state index in [1.165, 1.54) is 17.7 Å². The Labute approximate surface area is 163 Å². The molecule has 1 unspecified atom stereocenters. The zero-order valence-corrected chi connectivity index (χ0v) is 15.7. The van der Waals surface area contributed by atoms with Gasteiger partial charge in [-0.3, -0.25) is 9.59 Å². The van der Waals surface area contributed by atoms with Crippen molar-refractivity contribution in [2.75, 3.05) is 24.5 Å². The number of hydrogen-bond donors (Lipinski definition) is 1. The molecule has 2 aliphatic heterocycles. The molecule has 1 atom stereocenters. The van der Waals surface area contributed by atoms with Gasteiger partial charge in [0.05, 0.1) is 6.04 Å². The van der Waals surface area contributed by atoms with Crippen molar-refractivity contribution < 1.29 is 14.0 Å². The molecule has 0 aromatic heterocycles. The molecule has 2 N–H and O–H groups in total. The van der Waals surface area contributed by atoms with E-state index < -0.39 is 0 Å². The van der Waals surface area contributed by atoms with E-state index in [9.17, 15) is 14.0 Å². The molecule has 2 aromatic rings. The summed E-state index contributed by atoms with van der Waals surface area (Å²) in [4.78, 5) is 28.8. The van der Waals surface area contributed by atoms with E-state index in [-0.39, 0.29) is 30.1 Å². The first-order valence-corrected chi connectivity index (χ1v) is 9.74. The van der Waals surface area contributed by atoms with Crippen LogP contribution in [0.3, 0.4) is 0 Å². The number of hydrogen-bond acceptors (Lipinski definition) is 3. The van der Waals surface area contributed by atoms with Crippen LogP contribution in [-0.4, -0.2) is 36.3 Å². The molecular weight excluding hydrogens is 357 g/mol. The van der Waals surface area contributed by atoms with Crippen LogP contribution >= 0.6 is 0 Å². The molecular formula is C22H24FN3O2. The fraction of sp³-hybridized carbons (Fsp3) is 0.364. The van der Waals surface area contributed by atoms with Crippen molar-refractivity contribution in [3.05, 3.63) is 65.0 Å². The average molecular weight is 381 g/mol. The number of carbonyl (C=O) groups excluding carboxylic acids is 2. The van der Waals surface area contributed by atoms with E-state index in [4.69, 9.17) is 5.73 Å². The molecule has 0 fully saturated rings. The summed E-state index contributed by atoms with van der Waals surface area (Å²) >= 11 is 0. The summed E-state index contributed by atoms with van der Waals surface area (Å²) in [5, 5.41) is 0. The number of rotatable bonds is 4. The Bertz CT molecular complexity index is 914. The van der Waals surface area contributed by atoms with Gasteiger partial charge in [-0.1, -0.05) is 24.3 Å². The summed E-state index contributed by atoms with van der Waals surface area (Å²) in [7, 11) is 0. The lowest BCUT2D eigenvalue weighted by atomic mass is 9.92. The van der Waals surface area contributed by atoms with Crippen molar-refractivity contribution in [2.45, 2.75) is 31.7 Å². The van der Waals surface area contributed by atoms with Crippen LogP contribution in [0.4, 0.5) is 10.1 Å². The summed E-state index contributed by atoms with van der Waals surface area (Å²) in [5.41, 5.74) is 9.87. The number of fused-ring (bicyclic) bond motifs is 2. The maximum Gasteiger partial charge on any atom is 0.227 e. The minimum Gasteiger partial charge on any atom is -0.334 e. The summed E-state index contributed by atoms with van der Waals surface area (Å²) in [6.45, 7) is 1.30. The van der Waals surface area contributed by atoms with Crippen LogP contribution in [0.2, 0.25) is 0 Å². The number of halogens is 1. The first kappa shape index (κ1) is 18.6. The summed E-state index contributed by atoms with van der Waals surface area (Å²) < 4.78 is 13.5. The summed E-state index contributed by atoms with van der Waals surface area (Å²) in [6.07, 6.45) is 1.91. The highest BCUT2D eigenvalue weighted by Crippen LogP contribution is 2.31. The molecule has 2 heterocycles. The van der Waals surface area contributed by atoms with Crippen LogP contribution in [0.1, 0.15) is 35.6 Å². The second-order valence-corrected chi connectivity index (χ2v) is 7.36. The van der Waals surface area contributed by atoms with Crippen molar-refractivity contribution in [1.29, 1.82) is 0 Å². The van der Waals surface area contributed by atoms with E-state index in [1.54, 1.807) is 11.0 Å². The number of aryl methyl sites for hydroxylation is 1. The van der Waals surface area contributed by atoms with Gasteiger partial charge >= 0.3 is 0 Å². The molecule has 0 spiro atoms. The molecule has 5 nitrogen and oxygen atoms in total. The molecule has 0 aliphatic carbocycles. The molecule has 0 radical (unpaired) electrons. The number of benzene rings is 2. The fourth-order valence-corrected chi connectivity index (χ4v) is 4.33. The van der Waals surface area contributed by atoms with Crippen LogP contribution in [-0.2, 0) is 22.4 Å². The van der Waals surface area contributed by atoms with Crippen molar-refractivity contribution in [1.82, 2.24) is 4.90 Å². The van der Waals surface area contributed by atoms with Gasteiger partial charge in [-0.2, -0.15) is 0 Å². The molecule has 2 aromatic carbocycles. The van der Waals surface area contributed by atoms with Crippen LogP contribution in [0.15, 0.2) is 42.5 Å². The number of anilines is 1. The minimum absolute atomic E-state index is 0.00742. The van der Waals surface area contributed by atoms with Crippen molar-refractivity contribution in [3.8, 4) is 0 Å². The Kier molecular flexibility index (Phi) is 5.13. The molecule has 0 saturated carbocycles. The molecule has 2 amide bonds. The predicted molar refractivity (Wildman–Crippen MR) is 105 cm³/mol. The third-order valence-corrected chi connectivity index (χ3v) is 5.75. The van der Waals surface area contributed by atoms with Gasteiger partial charge < -0.3 is 15.5 Å². The van der Waals surface area contributed by atoms with E-state index in [2.05, 4.69) is 6.07 Å². The Morgan fingerprint density at radius 2 is 1.93 bits per heavy atom. The van der Waals surface area contributed by atoms with Gasteiger partial charge in [-0.05, 0) is 47.7 Å². The van der Waals surface area contributed by atoms with Gasteiger partial charge in [0, 0.05) is 38.2 Å². The zero-order chi connectivity index (χ0) is 19.7. The van der Waals surface area contributed by atoms with E-state index >= 15 is 0 Å². The quantitative estimate of drug-likeness (QED) is 0.885. The molecule has 2 aliphatic rings. The van der Waals surface area contributed by atoms with Crippen LogP contribution in [0.5, 0.6) is 0 Å². The Morgan fingerprint density at radius 3 is 2.75 bits per heavy atom. The zero-order valence-electron chi connectivity index (χ0n) is 15.7. The lowest BCUT2D eigenvalue weighted by Crippen LogP contribution is -2.45. The van der Waals surface area contributed by atoms with Crippen LogP contribution in [0, 0.1) is 5.82 Å². The standard InChI is InChI=1S/C22H24FN3O2/c23-17-6-7-19-16(13-17)5-8-21(27)25(19)12-10-22(28)26-11-9-15-3-1-2-4-18(15)20(26)14-24/h1-4,6-7,13,20H,5,8-12,14,24H2. The minimum atomic E-state index is -0.304. The Morgan fingerprint density at radius 1 is 1.11 bits per heavy atom. The lowest BCUT2D eigenvalue weighted by molar-refractivity contribution is -0.133. The number of nitrogens with zero attached hydrogens (tertiary/aromatic N) is 2. The SMILES string of the molecule is NCC1c2ccccc2CCN1C(=O)CCN1C(=O)CCc2cc(F)ccc21. The molecule has 0 bridgehead atoms. The normalized spacial score (nSPS) is 18.6. The van der Waals surface area contributed by atoms with Gasteiger partial charge in [0.1, 0.15) is 5.82 Å². The largest absolute Gasteiger partial charge is 0.334 e. The average Bonchev–Trinajstić information content (AvgIpc) is 2.72. The van der Waals surface area contributed by atoms with Gasteiger partial charge in [0.15, 0.2) is 0 Å². The summed E-state index contributed by atoms with van der Waals surface area (Å²) in [6, 6.07) is 12.4. The number of nitrogens with two attached hydrogens (primary N) is 1. The maximum absolute atomic E-state index is 13.5. The molecule has 146 valence electrons. The molecule has 28 heavy (non-hydrogen) atoms. The summed E-state index contributed by atoms with van der Waals surface area (Å²) in [5.74, 6) is -0.333. The van der Waals surface area contributed by atoms with E-state index in [1.807, 2.05) is 23.1 Å². The molecule has 4 rings (SSSR count). The van der Waals surface area contributed by atoms with Gasteiger partial charge in [-0.15, -0.1) is 0 Å². The second kappa shape index (κ2) is 7.72. The first-order chi connectivity index (χ1) is 13.6. The Hall–Kier alpha value is -2.73. The highest BCUT2D eigenvalue weighted by molar-refractivity contribution is 5.97. The maximum atomic E-state index is 13.5. The van der Waals surface area contributed by atoms with Gasteiger partial charge in [-0.25, -0.2) is 4.39 Å². The van der Waals surface area contributed by atoms with E-state index in [0.717, 1.165) is 17.5 Å². The number of amides is 2. The number of carbonyl (C=O) groups is 2. The van der Waals surface area contributed by atoms with Crippen molar-refractivity contribution >= 4 is 17.5 Å². The lowest BCUT2D eigenvalue weighted by Gasteiger charge is -2.37. The Balaban J connectivity index is 1.48. The topological polar surface area (TPSA) is 66.6 Å². The smallest absolute Gasteiger partial charge is 0.227 e. The second-order valence-electron chi connectivity index (χ2n) is 7.36. The van der Waals surface area contributed by atoms with Crippen LogP contribution < -0.4 is 10.6 Å². The van der Waals surface area contributed by atoms with Crippen LogP contribution in [0.25, 0.3) is 0 Å². The van der Waals surface area contributed by atoms with Crippen molar-refractivity contribution in [3.63, 3.8) is 0 Å². The fourth-order valence-electron chi connectivity index (χ4n) is 4.33. The predicted octanol–water partition coefficient (Wildman–Crippen LogP) is 2.58. The first-order valence-electron chi connectivity index (χ1n) is 9.74. The monoisotopic (exact) mass is 381 g/mol. The highest BCUT2D eigenvalue weighted by Gasteiger charge is 2.31. The van der Waals surface area contributed by atoms with E-state index in [0.29, 0.717) is 38.2 Å². The third-order valence-electron chi connectivity index (χ3n) is 5.75. The third kappa shape index (κ3) is 3.40. The molecule has 0 saturated heterocycles. The molecule has 6 heteroatoms. The van der Waals surface area contributed by atoms with Crippen molar-refractivity contribution in [2.24, 2.45) is 5.73 Å². The van der Waals surface area contributed by atoms with Gasteiger partial charge in [0.2, 0.25) is 11.8 Å².